The van der Waals surface area contributed by atoms with Crippen LogP contribution in [0.2, 0.25) is 0 Å². The first-order chi connectivity index (χ1) is 7.63. The minimum Gasteiger partial charge on any atom is -0.461 e. The standard InChI is InChI=1S/C11H12N2O2S/c1-3-15-11(14)9-10(16)13-5-4-7(2)6-8(13)12-9/h4-6,16H,3H2,1-2H3. The van der Waals surface area contributed by atoms with Gasteiger partial charge in [-0.25, -0.2) is 9.78 Å². The molecule has 16 heavy (non-hydrogen) atoms. The van der Waals surface area contributed by atoms with Gasteiger partial charge in [-0.15, -0.1) is 12.6 Å². The van der Waals surface area contributed by atoms with Crippen LogP contribution in [0, 0.1) is 6.92 Å². The van der Waals surface area contributed by atoms with Crippen LogP contribution in [-0.2, 0) is 4.74 Å². The molecule has 0 fully saturated rings. The van der Waals surface area contributed by atoms with Gasteiger partial charge in [-0.1, -0.05) is 0 Å². The Morgan fingerprint density at radius 1 is 1.62 bits per heavy atom. The molecule has 0 aliphatic carbocycles. The SMILES string of the molecule is CCOC(=O)c1nc2cc(C)ccn2c1S. The van der Waals surface area contributed by atoms with Crippen molar-refractivity contribution in [3.05, 3.63) is 29.6 Å². The fraction of sp³-hybridized carbons (Fsp3) is 0.273. The van der Waals surface area contributed by atoms with Crippen molar-refractivity contribution in [1.29, 1.82) is 0 Å². The number of imidazole rings is 1. The lowest BCUT2D eigenvalue weighted by Crippen LogP contribution is -2.05. The summed E-state index contributed by atoms with van der Waals surface area (Å²) >= 11 is 4.28. The lowest BCUT2D eigenvalue weighted by atomic mass is 10.3. The summed E-state index contributed by atoms with van der Waals surface area (Å²) in [6.45, 7) is 4.06. The predicted molar refractivity (Wildman–Crippen MR) is 63.1 cm³/mol. The highest BCUT2D eigenvalue weighted by Crippen LogP contribution is 2.18. The summed E-state index contributed by atoms with van der Waals surface area (Å²) in [7, 11) is 0. The molecule has 5 heteroatoms. The van der Waals surface area contributed by atoms with Crippen molar-refractivity contribution < 1.29 is 9.53 Å². The average molecular weight is 236 g/mol. The van der Waals surface area contributed by atoms with Crippen LogP contribution in [0.5, 0.6) is 0 Å². The second-order valence-corrected chi connectivity index (χ2v) is 3.86. The summed E-state index contributed by atoms with van der Waals surface area (Å²) < 4.78 is 6.66. The van der Waals surface area contributed by atoms with Gasteiger partial charge in [0.05, 0.1) is 6.61 Å². The Hall–Kier alpha value is -1.49. The van der Waals surface area contributed by atoms with E-state index in [0.717, 1.165) is 5.56 Å². The van der Waals surface area contributed by atoms with E-state index < -0.39 is 5.97 Å². The van der Waals surface area contributed by atoms with E-state index in [-0.39, 0.29) is 5.69 Å². The van der Waals surface area contributed by atoms with E-state index in [0.29, 0.717) is 17.3 Å². The van der Waals surface area contributed by atoms with Crippen molar-refractivity contribution in [2.45, 2.75) is 18.9 Å². The van der Waals surface area contributed by atoms with E-state index in [1.165, 1.54) is 0 Å². The van der Waals surface area contributed by atoms with Gasteiger partial charge in [0.2, 0.25) is 0 Å². The fourth-order valence-electron chi connectivity index (χ4n) is 1.47. The molecule has 0 aromatic carbocycles. The smallest absolute Gasteiger partial charge is 0.359 e. The molecule has 0 atom stereocenters. The van der Waals surface area contributed by atoms with Crippen molar-refractivity contribution >= 4 is 24.2 Å². The molecule has 84 valence electrons. The Morgan fingerprint density at radius 2 is 2.38 bits per heavy atom. The number of esters is 1. The van der Waals surface area contributed by atoms with E-state index in [9.17, 15) is 4.79 Å². The van der Waals surface area contributed by atoms with Gasteiger partial charge in [-0.3, -0.25) is 4.40 Å². The van der Waals surface area contributed by atoms with Crippen LogP contribution in [0.25, 0.3) is 5.65 Å². The Balaban J connectivity index is 2.55. The van der Waals surface area contributed by atoms with Gasteiger partial charge in [-0.05, 0) is 31.5 Å². The largest absolute Gasteiger partial charge is 0.461 e. The Morgan fingerprint density at radius 3 is 3.06 bits per heavy atom. The van der Waals surface area contributed by atoms with Gasteiger partial charge in [-0.2, -0.15) is 0 Å². The maximum absolute atomic E-state index is 11.6. The number of rotatable bonds is 2. The van der Waals surface area contributed by atoms with Gasteiger partial charge in [0.15, 0.2) is 5.69 Å². The van der Waals surface area contributed by atoms with Crippen LogP contribution >= 0.6 is 12.6 Å². The first kappa shape index (κ1) is 11.0. The second-order valence-electron chi connectivity index (χ2n) is 3.44. The molecule has 0 saturated carbocycles. The van der Waals surface area contributed by atoms with E-state index >= 15 is 0 Å². The lowest BCUT2D eigenvalue weighted by molar-refractivity contribution is 0.0516. The quantitative estimate of drug-likeness (QED) is 0.641. The topological polar surface area (TPSA) is 43.6 Å². The van der Waals surface area contributed by atoms with Crippen molar-refractivity contribution in [2.75, 3.05) is 6.61 Å². The molecule has 2 heterocycles. The van der Waals surface area contributed by atoms with Crippen molar-refractivity contribution in [3.8, 4) is 0 Å². The first-order valence-electron chi connectivity index (χ1n) is 4.98. The van der Waals surface area contributed by atoms with Crippen molar-refractivity contribution in [2.24, 2.45) is 0 Å². The van der Waals surface area contributed by atoms with E-state index in [4.69, 9.17) is 4.74 Å². The molecule has 0 spiro atoms. The van der Waals surface area contributed by atoms with Gasteiger partial charge >= 0.3 is 5.97 Å². The van der Waals surface area contributed by atoms with Crippen LogP contribution in [-0.4, -0.2) is 22.0 Å². The third-order valence-corrected chi connectivity index (χ3v) is 2.65. The molecule has 0 unspecified atom stereocenters. The zero-order valence-corrected chi connectivity index (χ0v) is 9.99. The number of carbonyl (C=O) groups is 1. The van der Waals surface area contributed by atoms with Crippen LogP contribution < -0.4 is 0 Å². The summed E-state index contributed by atoms with van der Waals surface area (Å²) in [4.78, 5) is 15.8. The van der Waals surface area contributed by atoms with Crippen LogP contribution in [0.15, 0.2) is 23.4 Å². The zero-order chi connectivity index (χ0) is 11.7. The number of ether oxygens (including phenoxy) is 1. The highest BCUT2D eigenvalue weighted by molar-refractivity contribution is 7.80. The van der Waals surface area contributed by atoms with Crippen molar-refractivity contribution in [1.82, 2.24) is 9.38 Å². The summed E-state index contributed by atoms with van der Waals surface area (Å²) in [5.74, 6) is -0.436. The van der Waals surface area contributed by atoms with E-state index in [1.807, 2.05) is 25.3 Å². The summed E-state index contributed by atoms with van der Waals surface area (Å²) in [5.41, 5.74) is 2.05. The molecule has 0 aliphatic heterocycles. The number of hydrogen-bond donors (Lipinski definition) is 1. The van der Waals surface area contributed by atoms with Crippen molar-refractivity contribution in [3.63, 3.8) is 0 Å². The molecule has 2 aromatic rings. The minimum absolute atomic E-state index is 0.260. The number of aryl methyl sites for hydroxylation is 1. The molecule has 0 N–H and O–H groups in total. The summed E-state index contributed by atoms with van der Waals surface area (Å²) in [6.07, 6.45) is 1.84. The molecule has 0 amide bonds. The average Bonchev–Trinajstić information content (AvgIpc) is 2.56. The number of aromatic nitrogens is 2. The van der Waals surface area contributed by atoms with Gasteiger partial charge in [0.1, 0.15) is 10.7 Å². The molecule has 0 bridgehead atoms. The third kappa shape index (κ3) is 1.78. The Labute approximate surface area is 98.7 Å². The number of pyridine rings is 1. The molecule has 2 rings (SSSR count). The highest BCUT2D eigenvalue weighted by Gasteiger charge is 2.17. The third-order valence-electron chi connectivity index (χ3n) is 2.23. The highest BCUT2D eigenvalue weighted by atomic mass is 32.1. The molecule has 0 aliphatic rings. The number of hydrogen-bond acceptors (Lipinski definition) is 4. The fourth-order valence-corrected chi connectivity index (χ4v) is 1.78. The zero-order valence-electron chi connectivity index (χ0n) is 9.10. The number of fused-ring (bicyclic) bond motifs is 1. The number of nitrogens with zero attached hydrogens (tertiary/aromatic N) is 2. The maximum atomic E-state index is 11.6. The molecule has 4 nitrogen and oxygen atoms in total. The molecule has 2 aromatic heterocycles. The first-order valence-corrected chi connectivity index (χ1v) is 5.43. The van der Waals surface area contributed by atoms with Crippen LogP contribution in [0.3, 0.4) is 0 Å². The molecule has 0 radical (unpaired) electrons. The monoisotopic (exact) mass is 236 g/mol. The minimum atomic E-state index is -0.436. The second kappa shape index (κ2) is 4.17. The Kier molecular flexibility index (Phi) is 2.87. The van der Waals surface area contributed by atoms with E-state index in [2.05, 4.69) is 17.6 Å². The van der Waals surface area contributed by atoms with Gasteiger partial charge < -0.3 is 4.74 Å². The molecular formula is C11H12N2O2S. The normalized spacial score (nSPS) is 10.7. The Bertz CT molecular complexity index is 548. The van der Waals surface area contributed by atoms with Crippen LogP contribution in [0.4, 0.5) is 0 Å². The lowest BCUT2D eigenvalue weighted by Gasteiger charge is -1.98. The van der Waals surface area contributed by atoms with E-state index in [1.54, 1.807) is 11.3 Å². The molecule has 0 saturated heterocycles. The molecular weight excluding hydrogens is 224 g/mol. The van der Waals surface area contributed by atoms with Gasteiger partial charge in [0.25, 0.3) is 0 Å². The maximum Gasteiger partial charge on any atom is 0.359 e. The summed E-state index contributed by atoms with van der Waals surface area (Å²) in [5, 5.41) is 0.508. The number of carbonyl (C=O) groups excluding carboxylic acids is 1. The van der Waals surface area contributed by atoms with Gasteiger partial charge in [0, 0.05) is 6.20 Å². The summed E-state index contributed by atoms with van der Waals surface area (Å²) in [6, 6.07) is 3.83. The number of thiol groups is 1. The van der Waals surface area contributed by atoms with Crippen LogP contribution in [0.1, 0.15) is 23.0 Å². The predicted octanol–water partition coefficient (Wildman–Crippen LogP) is 2.11.